The minimum absolute atomic E-state index is 0.00322. The number of nitrogens with two attached hydrogens (primary N) is 1. The van der Waals surface area contributed by atoms with E-state index in [4.69, 9.17) is 24.7 Å². The van der Waals surface area contributed by atoms with Crippen molar-refractivity contribution in [1.82, 2.24) is 9.97 Å². The summed E-state index contributed by atoms with van der Waals surface area (Å²) in [4.78, 5) is 25.6. The Bertz CT molecular complexity index is 736. The van der Waals surface area contributed by atoms with Crippen molar-refractivity contribution in [3.63, 3.8) is 0 Å². The van der Waals surface area contributed by atoms with Crippen molar-refractivity contribution in [2.45, 2.75) is 51.2 Å². The molecule has 1 aliphatic carbocycles. The number of nitrogens with zero attached hydrogens (tertiary/aromatic N) is 3. The fourth-order valence-electron chi connectivity index (χ4n) is 3.24. The van der Waals surface area contributed by atoms with Gasteiger partial charge in [-0.15, -0.1) is 0 Å². The SMILES string of the molecule is COCCOCO[C@@H](C)C(=O)C1=Nc2c(nc(N)nc2OC2CCCCC2)NC1. The Morgan fingerprint density at radius 3 is 2.79 bits per heavy atom. The van der Waals surface area contributed by atoms with Gasteiger partial charge in [0.25, 0.3) is 0 Å². The van der Waals surface area contributed by atoms with E-state index in [0.29, 0.717) is 36.3 Å². The molecule has 3 N–H and O–H groups in total. The van der Waals surface area contributed by atoms with E-state index in [1.807, 2.05) is 0 Å². The molecule has 1 fully saturated rings. The number of hydrogen-bond donors (Lipinski definition) is 2. The number of anilines is 2. The van der Waals surface area contributed by atoms with Crippen molar-refractivity contribution in [2.24, 2.45) is 4.99 Å². The molecule has 1 saturated carbocycles. The molecule has 1 aromatic rings. The van der Waals surface area contributed by atoms with Crippen LogP contribution in [0.5, 0.6) is 5.88 Å². The Kier molecular flexibility index (Phi) is 7.73. The molecule has 0 unspecified atom stereocenters. The van der Waals surface area contributed by atoms with E-state index < -0.39 is 6.10 Å². The van der Waals surface area contributed by atoms with Crippen LogP contribution in [-0.4, -0.2) is 67.3 Å². The van der Waals surface area contributed by atoms with Crippen molar-refractivity contribution < 1.29 is 23.7 Å². The van der Waals surface area contributed by atoms with Gasteiger partial charge >= 0.3 is 0 Å². The summed E-state index contributed by atoms with van der Waals surface area (Å²) in [6.45, 7) is 2.76. The first-order valence-corrected chi connectivity index (χ1v) is 9.96. The second kappa shape index (κ2) is 10.5. The molecule has 29 heavy (non-hydrogen) atoms. The maximum atomic E-state index is 12.7. The summed E-state index contributed by atoms with van der Waals surface area (Å²) in [5.74, 6) is 0.653. The molecule has 3 rings (SSSR count). The van der Waals surface area contributed by atoms with Crippen LogP contribution >= 0.6 is 0 Å². The summed E-state index contributed by atoms with van der Waals surface area (Å²) in [5.41, 5.74) is 6.55. The van der Waals surface area contributed by atoms with E-state index in [0.717, 1.165) is 25.7 Å². The summed E-state index contributed by atoms with van der Waals surface area (Å²) in [6, 6.07) is 0. The van der Waals surface area contributed by atoms with Crippen molar-refractivity contribution in [1.29, 1.82) is 0 Å². The van der Waals surface area contributed by atoms with E-state index in [1.54, 1.807) is 14.0 Å². The summed E-state index contributed by atoms with van der Waals surface area (Å²) < 4.78 is 21.7. The first kappa shape index (κ1) is 21.4. The molecule has 1 atom stereocenters. The third-order valence-electron chi connectivity index (χ3n) is 4.86. The van der Waals surface area contributed by atoms with Crippen molar-refractivity contribution >= 4 is 28.9 Å². The van der Waals surface area contributed by atoms with E-state index in [9.17, 15) is 4.79 Å². The standard InChI is InChI=1S/C19H29N5O5/c1-12(28-11-27-9-8-26-2)16(25)14-10-21-17-15(22-14)18(24-19(20)23-17)29-13-6-4-3-5-7-13/h12-13H,3-11H2,1-2H3,(H3,20,21,23,24)/t12-/m0/s1. The van der Waals surface area contributed by atoms with Gasteiger partial charge in [-0.05, 0) is 32.6 Å². The third-order valence-corrected chi connectivity index (χ3v) is 4.86. The number of aliphatic imine (C=N–C) groups is 1. The predicted octanol–water partition coefficient (Wildman–Crippen LogP) is 1.86. The number of rotatable bonds is 10. The summed E-state index contributed by atoms with van der Waals surface area (Å²) in [7, 11) is 1.59. The Morgan fingerprint density at radius 1 is 1.24 bits per heavy atom. The molecular weight excluding hydrogens is 378 g/mol. The minimum Gasteiger partial charge on any atom is -0.473 e. The molecule has 0 bridgehead atoms. The van der Waals surface area contributed by atoms with Crippen LogP contribution in [0.2, 0.25) is 0 Å². The van der Waals surface area contributed by atoms with E-state index >= 15 is 0 Å². The monoisotopic (exact) mass is 407 g/mol. The maximum absolute atomic E-state index is 12.7. The van der Waals surface area contributed by atoms with Crippen LogP contribution in [0, 0.1) is 0 Å². The van der Waals surface area contributed by atoms with Gasteiger partial charge in [0, 0.05) is 7.11 Å². The normalized spacial score (nSPS) is 17.8. The average molecular weight is 407 g/mol. The van der Waals surface area contributed by atoms with Crippen LogP contribution in [0.25, 0.3) is 0 Å². The number of nitrogen functional groups attached to an aromatic ring is 1. The van der Waals surface area contributed by atoms with Gasteiger partial charge in [0.1, 0.15) is 24.7 Å². The van der Waals surface area contributed by atoms with Crippen molar-refractivity contribution in [3.05, 3.63) is 0 Å². The molecule has 2 heterocycles. The topological polar surface area (TPSA) is 130 Å². The Hall–Kier alpha value is -2.30. The number of methoxy groups -OCH3 is 1. The fourth-order valence-corrected chi connectivity index (χ4v) is 3.24. The van der Waals surface area contributed by atoms with Crippen LogP contribution in [0.3, 0.4) is 0 Å². The van der Waals surface area contributed by atoms with Gasteiger partial charge in [-0.3, -0.25) is 4.79 Å². The lowest BCUT2D eigenvalue weighted by atomic mass is 9.98. The van der Waals surface area contributed by atoms with Crippen molar-refractivity contribution in [3.8, 4) is 5.88 Å². The lowest BCUT2D eigenvalue weighted by Crippen LogP contribution is -2.35. The third kappa shape index (κ3) is 5.84. The minimum atomic E-state index is -0.697. The molecular formula is C19H29N5O5. The summed E-state index contributed by atoms with van der Waals surface area (Å²) in [5, 5.41) is 3.08. The Labute approximate surface area is 170 Å². The number of carbonyl (C=O) groups is 1. The quantitative estimate of drug-likeness (QED) is 0.441. The van der Waals surface area contributed by atoms with E-state index in [1.165, 1.54) is 6.42 Å². The van der Waals surface area contributed by atoms with Gasteiger partial charge in [-0.2, -0.15) is 9.97 Å². The smallest absolute Gasteiger partial charge is 0.247 e. The molecule has 0 saturated heterocycles. The largest absolute Gasteiger partial charge is 0.473 e. The molecule has 10 heteroatoms. The molecule has 0 amide bonds. The van der Waals surface area contributed by atoms with Crippen LogP contribution in [0.1, 0.15) is 39.0 Å². The van der Waals surface area contributed by atoms with Crippen molar-refractivity contribution in [2.75, 3.05) is 44.7 Å². The zero-order chi connectivity index (χ0) is 20.6. The molecule has 1 aromatic heterocycles. The maximum Gasteiger partial charge on any atom is 0.247 e. The number of Topliss-reactive ketones (excluding diaryl/α,β-unsaturated/α-hetero) is 1. The van der Waals surface area contributed by atoms with Gasteiger partial charge in [0.15, 0.2) is 11.5 Å². The first-order chi connectivity index (χ1) is 14.1. The Balaban J connectivity index is 1.69. The van der Waals surface area contributed by atoms with Gasteiger partial charge in [0.05, 0.1) is 19.8 Å². The molecule has 10 nitrogen and oxygen atoms in total. The number of fused-ring (bicyclic) bond motifs is 1. The lowest BCUT2D eigenvalue weighted by molar-refractivity contribution is -0.135. The van der Waals surface area contributed by atoms with Crippen LogP contribution in [0.4, 0.5) is 17.5 Å². The number of hydrogen-bond acceptors (Lipinski definition) is 10. The number of carbonyl (C=O) groups excluding carboxylic acids is 1. The van der Waals surface area contributed by atoms with E-state index in [-0.39, 0.29) is 31.2 Å². The number of nitrogens with one attached hydrogen (secondary N) is 1. The highest BCUT2D eigenvalue weighted by Crippen LogP contribution is 2.37. The van der Waals surface area contributed by atoms with Crippen LogP contribution in [0.15, 0.2) is 4.99 Å². The van der Waals surface area contributed by atoms with E-state index in [2.05, 4.69) is 20.3 Å². The number of ketones is 1. The summed E-state index contributed by atoms with van der Waals surface area (Å²) in [6.07, 6.45) is 4.78. The molecule has 1 aliphatic heterocycles. The molecule has 2 aliphatic rings. The zero-order valence-corrected chi connectivity index (χ0v) is 17.0. The first-order valence-electron chi connectivity index (χ1n) is 9.96. The highest BCUT2D eigenvalue weighted by atomic mass is 16.7. The zero-order valence-electron chi connectivity index (χ0n) is 17.0. The second-order valence-electron chi connectivity index (χ2n) is 7.07. The van der Waals surface area contributed by atoms with Gasteiger partial charge in [-0.25, -0.2) is 4.99 Å². The molecule has 0 aromatic carbocycles. The summed E-state index contributed by atoms with van der Waals surface area (Å²) >= 11 is 0. The molecule has 0 spiro atoms. The highest BCUT2D eigenvalue weighted by Gasteiger charge is 2.28. The molecule has 160 valence electrons. The van der Waals surface area contributed by atoms with Crippen LogP contribution < -0.4 is 15.8 Å². The van der Waals surface area contributed by atoms with Gasteiger partial charge in [0.2, 0.25) is 17.6 Å². The second-order valence-corrected chi connectivity index (χ2v) is 7.07. The predicted molar refractivity (Wildman–Crippen MR) is 108 cm³/mol. The average Bonchev–Trinajstić information content (AvgIpc) is 2.73. The van der Waals surface area contributed by atoms with Gasteiger partial charge in [-0.1, -0.05) is 6.42 Å². The molecule has 0 radical (unpaired) electrons. The number of ether oxygens (including phenoxy) is 4. The van der Waals surface area contributed by atoms with Crippen LogP contribution in [-0.2, 0) is 19.0 Å². The highest BCUT2D eigenvalue weighted by molar-refractivity contribution is 6.43. The Morgan fingerprint density at radius 2 is 2.03 bits per heavy atom. The number of aromatic nitrogens is 2. The fraction of sp³-hybridized carbons (Fsp3) is 0.684. The lowest BCUT2D eigenvalue weighted by Gasteiger charge is -2.25. The van der Waals surface area contributed by atoms with Gasteiger partial charge < -0.3 is 30.0 Å².